The number of rotatable bonds is 4. The van der Waals surface area contributed by atoms with Gasteiger partial charge < -0.3 is 15.4 Å². The Kier molecular flexibility index (Phi) is 7.03. The smallest absolute Gasteiger partial charge is 0.408 e. The first-order chi connectivity index (χ1) is 12.1. The summed E-state index contributed by atoms with van der Waals surface area (Å²) < 4.78 is 6.17. The minimum Gasteiger partial charge on any atom is -0.444 e. The van der Waals surface area contributed by atoms with Crippen molar-refractivity contribution >= 4 is 33.7 Å². The van der Waals surface area contributed by atoms with E-state index in [0.717, 1.165) is 30.2 Å². The predicted molar refractivity (Wildman–Crippen MR) is 105 cm³/mol. The zero-order chi connectivity index (χ0) is 19.3. The van der Waals surface area contributed by atoms with Gasteiger partial charge >= 0.3 is 6.09 Å². The standard InChI is InChI=1S/C19H28BrN3O3/c1-12-5-7-13(8-6-12)16(23-18(25)26-19(2,3)4)17(24)22-15-11-14(20)9-10-21-15/h9-13,16H,5-8H2,1-4H3,(H,23,25)(H,21,22,24)/t12?,13?,16-/m0/s1. The molecule has 1 atom stereocenters. The Morgan fingerprint density at radius 2 is 1.92 bits per heavy atom. The molecule has 1 heterocycles. The maximum atomic E-state index is 12.9. The van der Waals surface area contributed by atoms with Gasteiger partial charge in [-0.3, -0.25) is 4.79 Å². The van der Waals surface area contributed by atoms with E-state index in [1.807, 2.05) is 0 Å². The molecule has 0 saturated heterocycles. The molecule has 1 aromatic rings. The molecule has 0 radical (unpaired) electrons. The van der Waals surface area contributed by atoms with Crippen molar-refractivity contribution in [3.63, 3.8) is 0 Å². The molecule has 0 spiro atoms. The first-order valence-electron chi connectivity index (χ1n) is 9.06. The molecule has 7 heteroatoms. The fourth-order valence-corrected chi connectivity index (χ4v) is 3.46. The third kappa shape index (κ3) is 6.59. The molecular weight excluding hydrogens is 398 g/mol. The second-order valence-corrected chi connectivity index (χ2v) is 8.91. The Balaban J connectivity index is 2.10. The van der Waals surface area contributed by atoms with E-state index in [2.05, 4.69) is 38.5 Å². The average Bonchev–Trinajstić information content (AvgIpc) is 2.52. The number of alkyl carbamates (subject to hydrolysis) is 1. The van der Waals surface area contributed by atoms with Gasteiger partial charge in [0.05, 0.1) is 0 Å². The number of hydrogen-bond acceptors (Lipinski definition) is 4. The van der Waals surface area contributed by atoms with E-state index < -0.39 is 17.7 Å². The molecule has 2 rings (SSSR count). The maximum absolute atomic E-state index is 12.9. The second kappa shape index (κ2) is 8.84. The Bertz CT molecular complexity index is 637. The van der Waals surface area contributed by atoms with Crippen molar-refractivity contribution in [2.75, 3.05) is 5.32 Å². The van der Waals surface area contributed by atoms with Gasteiger partial charge in [-0.15, -0.1) is 0 Å². The van der Waals surface area contributed by atoms with Gasteiger partial charge in [-0.25, -0.2) is 9.78 Å². The number of nitrogens with one attached hydrogen (secondary N) is 2. The van der Waals surface area contributed by atoms with Crippen molar-refractivity contribution < 1.29 is 14.3 Å². The van der Waals surface area contributed by atoms with Crippen LogP contribution in [0.15, 0.2) is 22.8 Å². The van der Waals surface area contributed by atoms with Crippen LogP contribution in [0.2, 0.25) is 0 Å². The molecule has 0 aliphatic heterocycles. The van der Waals surface area contributed by atoms with E-state index in [0.29, 0.717) is 11.7 Å². The zero-order valence-corrected chi connectivity index (χ0v) is 17.4. The molecule has 26 heavy (non-hydrogen) atoms. The predicted octanol–water partition coefficient (Wildman–Crippen LogP) is 4.50. The maximum Gasteiger partial charge on any atom is 0.408 e. The molecule has 144 valence electrons. The third-order valence-corrected chi connectivity index (χ3v) is 4.95. The molecule has 1 saturated carbocycles. The highest BCUT2D eigenvalue weighted by atomic mass is 79.9. The van der Waals surface area contributed by atoms with Crippen LogP contribution in [0.4, 0.5) is 10.6 Å². The van der Waals surface area contributed by atoms with Crippen molar-refractivity contribution in [1.29, 1.82) is 0 Å². The van der Waals surface area contributed by atoms with Crippen molar-refractivity contribution in [2.45, 2.75) is 65.0 Å². The number of pyridine rings is 1. The Labute approximate surface area is 163 Å². The van der Waals surface area contributed by atoms with Gasteiger partial charge in [-0.1, -0.05) is 35.7 Å². The van der Waals surface area contributed by atoms with E-state index >= 15 is 0 Å². The molecule has 2 amide bonds. The van der Waals surface area contributed by atoms with Crippen molar-refractivity contribution in [3.05, 3.63) is 22.8 Å². The van der Waals surface area contributed by atoms with Crippen LogP contribution >= 0.6 is 15.9 Å². The molecular formula is C19H28BrN3O3. The number of amides is 2. The zero-order valence-electron chi connectivity index (χ0n) is 15.8. The number of halogens is 1. The topological polar surface area (TPSA) is 80.3 Å². The van der Waals surface area contributed by atoms with Gasteiger partial charge in [0.1, 0.15) is 17.5 Å². The normalized spacial score (nSPS) is 21.6. The minimum absolute atomic E-state index is 0.0888. The first kappa shape index (κ1) is 20.7. The van der Waals surface area contributed by atoms with Gasteiger partial charge in [-0.05, 0) is 57.6 Å². The van der Waals surface area contributed by atoms with Crippen LogP contribution in [-0.4, -0.2) is 28.6 Å². The second-order valence-electron chi connectivity index (χ2n) is 7.99. The monoisotopic (exact) mass is 425 g/mol. The summed E-state index contributed by atoms with van der Waals surface area (Å²) in [4.78, 5) is 29.3. The van der Waals surface area contributed by atoms with Gasteiger partial charge in [0.15, 0.2) is 0 Å². The van der Waals surface area contributed by atoms with E-state index in [9.17, 15) is 9.59 Å². The highest BCUT2D eigenvalue weighted by Gasteiger charge is 2.33. The molecule has 0 aromatic carbocycles. The van der Waals surface area contributed by atoms with Crippen molar-refractivity contribution in [1.82, 2.24) is 10.3 Å². The van der Waals surface area contributed by atoms with Crippen LogP contribution in [0.25, 0.3) is 0 Å². The molecule has 2 N–H and O–H groups in total. The largest absolute Gasteiger partial charge is 0.444 e. The Morgan fingerprint density at radius 3 is 2.50 bits per heavy atom. The summed E-state index contributed by atoms with van der Waals surface area (Å²) >= 11 is 3.36. The highest BCUT2D eigenvalue weighted by Crippen LogP contribution is 2.31. The molecule has 1 aliphatic carbocycles. The molecule has 6 nitrogen and oxygen atoms in total. The van der Waals surface area contributed by atoms with E-state index in [1.54, 1.807) is 39.1 Å². The summed E-state index contributed by atoms with van der Waals surface area (Å²) in [5.74, 6) is 0.930. The molecule has 1 aromatic heterocycles. The lowest BCUT2D eigenvalue weighted by molar-refractivity contribution is -0.119. The fourth-order valence-electron chi connectivity index (χ4n) is 3.13. The van der Waals surface area contributed by atoms with Crippen LogP contribution in [0.3, 0.4) is 0 Å². The summed E-state index contributed by atoms with van der Waals surface area (Å²) in [6, 6.07) is 2.87. The van der Waals surface area contributed by atoms with Gasteiger partial charge in [0, 0.05) is 10.7 Å². The molecule has 0 unspecified atom stereocenters. The number of aromatic nitrogens is 1. The van der Waals surface area contributed by atoms with Crippen LogP contribution in [0.1, 0.15) is 53.4 Å². The number of carbonyl (C=O) groups excluding carboxylic acids is 2. The summed E-state index contributed by atoms with van der Waals surface area (Å²) in [6.45, 7) is 7.62. The lowest BCUT2D eigenvalue weighted by Crippen LogP contribution is -2.50. The fraction of sp³-hybridized carbons (Fsp3) is 0.632. The number of hydrogen-bond donors (Lipinski definition) is 2. The summed E-state index contributed by atoms with van der Waals surface area (Å²) in [7, 11) is 0. The molecule has 1 fully saturated rings. The molecule has 1 aliphatic rings. The van der Waals surface area contributed by atoms with E-state index in [-0.39, 0.29) is 11.8 Å². The van der Waals surface area contributed by atoms with Crippen molar-refractivity contribution in [2.24, 2.45) is 11.8 Å². The van der Waals surface area contributed by atoms with Crippen LogP contribution in [-0.2, 0) is 9.53 Å². The summed E-state index contributed by atoms with van der Waals surface area (Å²) in [5.41, 5.74) is -0.613. The number of anilines is 1. The highest BCUT2D eigenvalue weighted by molar-refractivity contribution is 9.10. The van der Waals surface area contributed by atoms with E-state index in [4.69, 9.17) is 4.74 Å². The molecule has 0 bridgehead atoms. The average molecular weight is 426 g/mol. The van der Waals surface area contributed by atoms with Gasteiger partial charge in [0.2, 0.25) is 5.91 Å². The van der Waals surface area contributed by atoms with Crippen molar-refractivity contribution in [3.8, 4) is 0 Å². The van der Waals surface area contributed by atoms with Gasteiger partial charge in [0.25, 0.3) is 0 Å². The van der Waals surface area contributed by atoms with Crippen LogP contribution in [0, 0.1) is 11.8 Å². The quantitative estimate of drug-likeness (QED) is 0.743. The Hall–Kier alpha value is -1.63. The minimum atomic E-state index is -0.641. The van der Waals surface area contributed by atoms with E-state index in [1.165, 1.54) is 0 Å². The summed E-state index contributed by atoms with van der Waals surface area (Å²) in [6.07, 6.45) is 4.96. The lowest BCUT2D eigenvalue weighted by atomic mass is 9.79. The third-order valence-electron chi connectivity index (χ3n) is 4.46. The Morgan fingerprint density at radius 1 is 1.27 bits per heavy atom. The number of ether oxygens (including phenoxy) is 1. The lowest BCUT2D eigenvalue weighted by Gasteiger charge is -2.32. The SMILES string of the molecule is CC1CCC([C@H](NC(=O)OC(C)(C)C)C(=O)Nc2cc(Br)ccn2)CC1. The number of nitrogens with zero attached hydrogens (tertiary/aromatic N) is 1. The van der Waals surface area contributed by atoms with Crippen LogP contribution in [0.5, 0.6) is 0 Å². The van der Waals surface area contributed by atoms with Crippen LogP contribution < -0.4 is 10.6 Å². The van der Waals surface area contributed by atoms with Gasteiger partial charge in [-0.2, -0.15) is 0 Å². The number of carbonyl (C=O) groups is 2. The first-order valence-corrected chi connectivity index (χ1v) is 9.85. The summed E-state index contributed by atoms with van der Waals surface area (Å²) in [5, 5.41) is 5.59.